The first-order valence-corrected chi connectivity index (χ1v) is 13.0. The van der Waals surface area contributed by atoms with E-state index >= 15 is 0 Å². The number of hydrogen-bond donors (Lipinski definition) is 0. The van der Waals surface area contributed by atoms with Crippen LogP contribution in [-0.4, -0.2) is 19.9 Å². The lowest BCUT2D eigenvalue weighted by Gasteiger charge is -2.47. The molecule has 3 aliphatic carbocycles. The molecule has 0 amide bonds. The van der Waals surface area contributed by atoms with E-state index in [1.807, 2.05) is 0 Å². The van der Waals surface area contributed by atoms with Crippen molar-refractivity contribution in [3.05, 3.63) is 29.3 Å². The van der Waals surface area contributed by atoms with Gasteiger partial charge in [-0.25, -0.2) is 0 Å². The standard InChI is InChI=1S/C21H28O3Si/c1-21-10-9-16-15-6-5-14(24-25(2,3)4)11-13(15)12-18(22)20(16)17(21)7-8-19(21)23/h5-6,11,16-17,20H,7-10,12H2,1-4H3. The Bertz CT molecular complexity index is 748. The summed E-state index contributed by atoms with van der Waals surface area (Å²) < 4.78 is 6.12. The first-order valence-electron chi connectivity index (χ1n) is 9.57. The molecular formula is C21H28O3Si. The minimum atomic E-state index is -1.65. The second kappa shape index (κ2) is 5.54. The molecule has 4 heteroatoms. The van der Waals surface area contributed by atoms with Crippen molar-refractivity contribution in [1.29, 1.82) is 0 Å². The summed E-state index contributed by atoms with van der Waals surface area (Å²) in [4.78, 5) is 25.4. The largest absolute Gasteiger partial charge is 0.544 e. The Morgan fingerprint density at radius 2 is 1.92 bits per heavy atom. The van der Waals surface area contributed by atoms with Crippen LogP contribution in [0.15, 0.2) is 18.2 Å². The summed E-state index contributed by atoms with van der Waals surface area (Å²) in [7, 11) is -1.65. The monoisotopic (exact) mass is 356 g/mol. The number of carbonyl (C=O) groups is 2. The highest BCUT2D eigenvalue weighted by Crippen LogP contribution is 2.58. The molecule has 1 aromatic rings. The molecule has 25 heavy (non-hydrogen) atoms. The topological polar surface area (TPSA) is 43.4 Å². The van der Waals surface area contributed by atoms with Crippen LogP contribution in [0.2, 0.25) is 19.6 Å². The van der Waals surface area contributed by atoms with Crippen LogP contribution < -0.4 is 4.43 Å². The highest BCUT2D eigenvalue weighted by atomic mass is 28.4. The van der Waals surface area contributed by atoms with Crippen molar-refractivity contribution in [3.63, 3.8) is 0 Å². The van der Waals surface area contributed by atoms with Crippen LogP contribution in [0.4, 0.5) is 0 Å². The van der Waals surface area contributed by atoms with Crippen LogP contribution in [0, 0.1) is 17.3 Å². The number of fused-ring (bicyclic) bond motifs is 5. The molecule has 0 radical (unpaired) electrons. The van der Waals surface area contributed by atoms with Gasteiger partial charge in [0.15, 0.2) is 0 Å². The van der Waals surface area contributed by atoms with Gasteiger partial charge in [-0.15, -0.1) is 0 Å². The van der Waals surface area contributed by atoms with Crippen LogP contribution >= 0.6 is 0 Å². The van der Waals surface area contributed by atoms with Gasteiger partial charge in [-0.2, -0.15) is 0 Å². The molecule has 0 aliphatic heterocycles. The van der Waals surface area contributed by atoms with E-state index in [4.69, 9.17) is 4.43 Å². The molecule has 0 heterocycles. The average Bonchev–Trinajstić information content (AvgIpc) is 2.81. The summed E-state index contributed by atoms with van der Waals surface area (Å²) in [5.74, 6) is 2.21. The van der Waals surface area contributed by atoms with Crippen molar-refractivity contribution >= 4 is 19.9 Å². The molecule has 2 fully saturated rings. The number of hydrogen-bond acceptors (Lipinski definition) is 3. The Kier molecular flexibility index (Phi) is 3.77. The minimum absolute atomic E-state index is 0.0430. The molecule has 134 valence electrons. The maximum atomic E-state index is 13.0. The van der Waals surface area contributed by atoms with Gasteiger partial charge in [0, 0.05) is 24.2 Å². The molecule has 1 aromatic carbocycles. The third-order valence-electron chi connectivity index (χ3n) is 6.65. The molecule has 4 rings (SSSR count). The SMILES string of the molecule is CC12CCC3c4ccc(O[Si](C)(C)C)cc4CC(=O)C3C1CCC2=O. The van der Waals surface area contributed by atoms with Gasteiger partial charge in [-0.05, 0) is 74.0 Å². The van der Waals surface area contributed by atoms with Crippen LogP contribution in [0.3, 0.4) is 0 Å². The van der Waals surface area contributed by atoms with Gasteiger partial charge >= 0.3 is 0 Å². The van der Waals surface area contributed by atoms with Crippen molar-refractivity contribution < 1.29 is 14.0 Å². The van der Waals surface area contributed by atoms with Gasteiger partial charge in [0.2, 0.25) is 8.32 Å². The van der Waals surface area contributed by atoms with E-state index < -0.39 is 8.32 Å². The van der Waals surface area contributed by atoms with Gasteiger partial charge in [0.05, 0.1) is 0 Å². The van der Waals surface area contributed by atoms with E-state index in [2.05, 4.69) is 44.8 Å². The van der Waals surface area contributed by atoms with Crippen LogP contribution in [0.5, 0.6) is 5.75 Å². The van der Waals surface area contributed by atoms with Gasteiger partial charge in [0.1, 0.15) is 17.3 Å². The maximum Gasteiger partial charge on any atom is 0.242 e. The van der Waals surface area contributed by atoms with E-state index in [0.717, 1.165) is 30.6 Å². The average molecular weight is 357 g/mol. The molecule has 0 aromatic heterocycles. The highest BCUT2D eigenvalue weighted by molar-refractivity contribution is 6.70. The summed E-state index contributed by atoms with van der Waals surface area (Å²) >= 11 is 0. The Balaban J connectivity index is 1.69. The number of Topliss-reactive ketones (excluding diaryl/α,β-unsaturated/α-hetero) is 2. The highest BCUT2D eigenvalue weighted by Gasteiger charge is 2.56. The molecular weight excluding hydrogens is 328 g/mol. The van der Waals surface area contributed by atoms with E-state index in [1.165, 1.54) is 5.56 Å². The lowest BCUT2D eigenvalue weighted by atomic mass is 9.55. The lowest BCUT2D eigenvalue weighted by molar-refractivity contribution is -0.134. The fraction of sp³-hybridized carbons (Fsp3) is 0.619. The summed E-state index contributed by atoms with van der Waals surface area (Å²) in [6.45, 7) is 8.63. The van der Waals surface area contributed by atoms with E-state index in [-0.39, 0.29) is 17.3 Å². The Morgan fingerprint density at radius 1 is 1.16 bits per heavy atom. The number of carbonyl (C=O) groups excluding carboxylic acids is 2. The van der Waals surface area contributed by atoms with Crippen molar-refractivity contribution in [2.24, 2.45) is 17.3 Å². The quantitative estimate of drug-likeness (QED) is 0.733. The molecule has 2 saturated carbocycles. The minimum Gasteiger partial charge on any atom is -0.544 e. The second-order valence-electron chi connectivity index (χ2n) is 9.37. The molecule has 3 aliphatic rings. The zero-order valence-corrected chi connectivity index (χ0v) is 16.7. The fourth-order valence-electron chi connectivity index (χ4n) is 5.53. The van der Waals surface area contributed by atoms with Gasteiger partial charge in [-0.3, -0.25) is 9.59 Å². The normalized spacial score (nSPS) is 34.3. The second-order valence-corrected chi connectivity index (χ2v) is 13.8. The van der Waals surface area contributed by atoms with Crippen LogP contribution in [-0.2, 0) is 16.0 Å². The maximum absolute atomic E-state index is 13.0. The predicted molar refractivity (Wildman–Crippen MR) is 100 cm³/mol. The number of benzene rings is 1. The van der Waals surface area contributed by atoms with E-state index in [1.54, 1.807) is 0 Å². The van der Waals surface area contributed by atoms with Crippen LogP contribution in [0.25, 0.3) is 0 Å². The van der Waals surface area contributed by atoms with E-state index in [9.17, 15) is 9.59 Å². The Labute approximate surface area is 151 Å². The zero-order chi connectivity index (χ0) is 18.0. The van der Waals surface area contributed by atoms with E-state index in [0.29, 0.717) is 30.3 Å². The fourth-order valence-corrected chi connectivity index (χ4v) is 6.36. The molecule has 0 saturated heterocycles. The van der Waals surface area contributed by atoms with Gasteiger partial charge in [-0.1, -0.05) is 13.0 Å². The Morgan fingerprint density at radius 3 is 2.64 bits per heavy atom. The van der Waals surface area contributed by atoms with Crippen molar-refractivity contribution in [3.8, 4) is 5.75 Å². The number of rotatable bonds is 2. The lowest BCUT2D eigenvalue weighted by Crippen LogP contribution is -2.46. The molecule has 4 atom stereocenters. The molecule has 4 unspecified atom stereocenters. The Hall–Kier alpha value is -1.42. The summed E-state index contributed by atoms with van der Waals surface area (Å²) in [6, 6.07) is 6.36. The zero-order valence-electron chi connectivity index (χ0n) is 15.7. The smallest absolute Gasteiger partial charge is 0.242 e. The first kappa shape index (κ1) is 17.0. The third-order valence-corrected chi connectivity index (χ3v) is 7.50. The molecule has 0 bridgehead atoms. The van der Waals surface area contributed by atoms with Crippen LogP contribution in [0.1, 0.15) is 49.7 Å². The number of ketones is 2. The van der Waals surface area contributed by atoms with Crippen molar-refractivity contribution in [1.82, 2.24) is 0 Å². The molecule has 3 nitrogen and oxygen atoms in total. The summed E-state index contributed by atoms with van der Waals surface area (Å²) in [5, 5.41) is 0. The molecule has 0 N–H and O–H groups in total. The third kappa shape index (κ3) is 2.69. The summed E-state index contributed by atoms with van der Waals surface area (Å²) in [5.41, 5.74) is 2.22. The van der Waals surface area contributed by atoms with Crippen molar-refractivity contribution in [2.75, 3.05) is 0 Å². The van der Waals surface area contributed by atoms with Gasteiger partial charge in [0.25, 0.3) is 0 Å². The first-order chi connectivity index (χ1) is 11.7. The van der Waals surface area contributed by atoms with Crippen molar-refractivity contribution in [2.45, 2.75) is 64.6 Å². The molecule has 0 spiro atoms. The predicted octanol–water partition coefficient (Wildman–Crippen LogP) is 4.50. The van der Waals surface area contributed by atoms with Gasteiger partial charge < -0.3 is 4.43 Å². The summed E-state index contributed by atoms with van der Waals surface area (Å²) in [6.07, 6.45) is 3.94.